The topological polar surface area (TPSA) is 66.8 Å². The molecule has 0 fully saturated rings. The molecule has 0 radical (unpaired) electrons. The largest absolute Gasteiger partial charge is 0.508 e. The van der Waals surface area contributed by atoms with Gasteiger partial charge in [-0.2, -0.15) is 0 Å². The molecule has 126 valence electrons. The second kappa shape index (κ2) is 8.15. The van der Waals surface area contributed by atoms with E-state index in [1.54, 1.807) is 24.0 Å². The van der Waals surface area contributed by atoms with Crippen LogP contribution in [-0.4, -0.2) is 35.0 Å². The van der Waals surface area contributed by atoms with Crippen LogP contribution in [0.2, 0.25) is 0 Å². The third-order valence-corrected chi connectivity index (χ3v) is 3.72. The van der Waals surface area contributed by atoms with E-state index in [0.29, 0.717) is 18.7 Å². The number of phenolic OH excluding ortho intramolecular Hbond substituents is 1. The summed E-state index contributed by atoms with van der Waals surface area (Å²) in [6, 6.07) is 14.2. The van der Waals surface area contributed by atoms with Crippen LogP contribution in [0.5, 0.6) is 5.75 Å². The van der Waals surface area contributed by atoms with Gasteiger partial charge in [-0.15, -0.1) is 0 Å². The quantitative estimate of drug-likeness (QED) is 0.829. The first-order chi connectivity index (χ1) is 11.5. The lowest BCUT2D eigenvalue weighted by molar-refractivity contribution is -0.134. The molecule has 24 heavy (non-hydrogen) atoms. The summed E-state index contributed by atoms with van der Waals surface area (Å²) in [6.07, 6.45) is 0. The molecule has 0 saturated carbocycles. The molecule has 0 aliphatic heterocycles. The number of benzene rings is 2. The molecule has 0 spiro atoms. The van der Waals surface area contributed by atoms with Crippen molar-refractivity contribution in [3.63, 3.8) is 0 Å². The summed E-state index contributed by atoms with van der Waals surface area (Å²) in [5, 5.41) is 9.63. The maximum atomic E-state index is 12.2. The van der Waals surface area contributed by atoms with Gasteiger partial charge in [0.15, 0.2) is 6.61 Å². The molecule has 0 aliphatic rings. The van der Waals surface area contributed by atoms with Crippen LogP contribution >= 0.6 is 0 Å². The molecule has 1 amide bonds. The normalized spacial score (nSPS) is 10.2. The predicted octanol–water partition coefficient (Wildman–Crippen LogP) is 2.91. The molecule has 5 heteroatoms. The Morgan fingerprint density at radius 2 is 1.83 bits per heavy atom. The first-order valence-electron chi connectivity index (χ1n) is 7.79. The van der Waals surface area contributed by atoms with Crippen molar-refractivity contribution in [3.8, 4) is 5.75 Å². The average Bonchev–Trinajstić information content (AvgIpc) is 2.60. The van der Waals surface area contributed by atoms with Gasteiger partial charge in [0.1, 0.15) is 5.75 Å². The monoisotopic (exact) mass is 327 g/mol. The summed E-state index contributed by atoms with van der Waals surface area (Å²) in [7, 11) is 0. The Kier molecular flexibility index (Phi) is 5.95. The van der Waals surface area contributed by atoms with E-state index in [1.165, 1.54) is 6.07 Å². The number of aryl methyl sites for hydroxylation is 1. The first kappa shape index (κ1) is 17.5. The minimum atomic E-state index is -0.630. The fourth-order valence-corrected chi connectivity index (χ4v) is 2.22. The van der Waals surface area contributed by atoms with Crippen molar-refractivity contribution < 1.29 is 19.4 Å². The number of rotatable bonds is 6. The maximum Gasteiger partial charge on any atom is 0.338 e. The molecular formula is C19H21NO4. The van der Waals surface area contributed by atoms with Crippen molar-refractivity contribution >= 4 is 11.9 Å². The minimum absolute atomic E-state index is 0.0232. The summed E-state index contributed by atoms with van der Waals surface area (Å²) in [5.74, 6) is -0.865. The third-order valence-electron chi connectivity index (χ3n) is 3.72. The zero-order valence-corrected chi connectivity index (χ0v) is 13.9. The summed E-state index contributed by atoms with van der Waals surface area (Å²) >= 11 is 0. The third kappa shape index (κ3) is 4.59. The Morgan fingerprint density at radius 3 is 2.46 bits per heavy atom. The van der Waals surface area contributed by atoms with Gasteiger partial charge in [-0.3, -0.25) is 4.79 Å². The number of ether oxygens (including phenoxy) is 1. The smallest absolute Gasteiger partial charge is 0.338 e. The number of phenols is 1. The molecule has 0 aliphatic carbocycles. The van der Waals surface area contributed by atoms with Crippen molar-refractivity contribution in [2.24, 2.45) is 0 Å². The number of carbonyl (C=O) groups is 2. The van der Waals surface area contributed by atoms with Crippen molar-refractivity contribution in [1.29, 1.82) is 0 Å². The van der Waals surface area contributed by atoms with E-state index < -0.39 is 5.97 Å². The Morgan fingerprint density at radius 1 is 1.12 bits per heavy atom. The molecule has 0 unspecified atom stereocenters. The van der Waals surface area contributed by atoms with Gasteiger partial charge >= 0.3 is 5.97 Å². The molecule has 0 atom stereocenters. The van der Waals surface area contributed by atoms with Crippen LogP contribution in [0.3, 0.4) is 0 Å². The fourth-order valence-electron chi connectivity index (χ4n) is 2.22. The molecule has 1 N–H and O–H groups in total. The van der Waals surface area contributed by atoms with Crippen molar-refractivity contribution in [2.45, 2.75) is 20.4 Å². The maximum absolute atomic E-state index is 12.2. The molecule has 5 nitrogen and oxygen atoms in total. The molecular weight excluding hydrogens is 306 g/mol. The molecule has 2 aromatic rings. The van der Waals surface area contributed by atoms with Gasteiger partial charge < -0.3 is 14.7 Å². The van der Waals surface area contributed by atoms with Crippen molar-refractivity contribution in [1.82, 2.24) is 4.90 Å². The van der Waals surface area contributed by atoms with Crippen LogP contribution in [0.4, 0.5) is 0 Å². The van der Waals surface area contributed by atoms with Gasteiger partial charge in [0.2, 0.25) is 0 Å². The standard InChI is InChI=1S/C19H21NO4/c1-3-20(12-15-7-5-4-6-8-15)18(22)13-24-19(23)16-10-9-14(2)17(21)11-16/h4-11,21H,3,12-13H2,1-2H3. The van der Waals surface area contributed by atoms with Crippen molar-refractivity contribution in [2.75, 3.05) is 13.2 Å². The highest BCUT2D eigenvalue weighted by atomic mass is 16.5. The Hall–Kier alpha value is -2.82. The van der Waals surface area contributed by atoms with E-state index in [1.807, 2.05) is 37.3 Å². The average molecular weight is 327 g/mol. The molecule has 0 heterocycles. The molecule has 0 aromatic heterocycles. The van der Waals surface area contributed by atoms with E-state index in [-0.39, 0.29) is 23.8 Å². The SMILES string of the molecule is CCN(Cc1ccccc1)C(=O)COC(=O)c1ccc(C)c(O)c1. The Bertz CT molecular complexity index is 713. The molecule has 0 saturated heterocycles. The lowest BCUT2D eigenvalue weighted by Crippen LogP contribution is -2.34. The number of amides is 1. The zero-order chi connectivity index (χ0) is 17.5. The number of esters is 1. The van der Waals surface area contributed by atoms with E-state index in [4.69, 9.17) is 4.74 Å². The van der Waals surface area contributed by atoms with Crippen molar-refractivity contribution in [3.05, 3.63) is 65.2 Å². The number of nitrogens with zero attached hydrogens (tertiary/aromatic N) is 1. The number of hydrogen-bond donors (Lipinski definition) is 1. The lowest BCUT2D eigenvalue weighted by Gasteiger charge is -2.20. The predicted molar refractivity (Wildman–Crippen MR) is 90.7 cm³/mol. The van der Waals surface area contributed by atoms with E-state index in [0.717, 1.165) is 5.56 Å². The first-order valence-corrected chi connectivity index (χ1v) is 7.79. The summed E-state index contributed by atoms with van der Waals surface area (Å²) in [4.78, 5) is 25.8. The Balaban J connectivity index is 1.93. The highest BCUT2D eigenvalue weighted by Gasteiger charge is 2.16. The molecule has 2 rings (SSSR count). The number of likely N-dealkylation sites (N-methyl/N-ethyl adjacent to an activating group) is 1. The van der Waals surface area contributed by atoms with E-state index in [2.05, 4.69) is 0 Å². The minimum Gasteiger partial charge on any atom is -0.508 e. The summed E-state index contributed by atoms with van der Waals surface area (Å²) in [6.45, 7) is 4.28. The Labute approximate surface area is 141 Å². The number of carbonyl (C=O) groups excluding carboxylic acids is 2. The second-order valence-corrected chi connectivity index (χ2v) is 5.47. The van der Waals surface area contributed by atoms with Crippen LogP contribution in [0.15, 0.2) is 48.5 Å². The van der Waals surface area contributed by atoms with Gasteiger partial charge in [-0.25, -0.2) is 4.79 Å². The van der Waals surface area contributed by atoms with Gasteiger partial charge in [-0.1, -0.05) is 36.4 Å². The van der Waals surface area contributed by atoms with Crippen LogP contribution in [0.1, 0.15) is 28.4 Å². The molecule has 2 aromatic carbocycles. The second-order valence-electron chi connectivity index (χ2n) is 5.47. The summed E-state index contributed by atoms with van der Waals surface area (Å²) in [5.41, 5.74) is 1.90. The number of hydrogen-bond acceptors (Lipinski definition) is 4. The van der Waals surface area contributed by atoms with Gasteiger partial charge in [-0.05, 0) is 37.1 Å². The van der Waals surface area contributed by atoms with E-state index in [9.17, 15) is 14.7 Å². The highest BCUT2D eigenvalue weighted by molar-refractivity contribution is 5.91. The number of aromatic hydroxyl groups is 1. The van der Waals surface area contributed by atoms with Crippen LogP contribution in [-0.2, 0) is 16.1 Å². The van der Waals surface area contributed by atoms with Crippen LogP contribution < -0.4 is 0 Å². The van der Waals surface area contributed by atoms with Crippen LogP contribution in [0, 0.1) is 6.92 Å². The van der Waals surface area contributed by atoms with Gasteiger partial charge in [0, 0.05) is 13.1 Å². The highest BCUT2D eigenvalue weighted by Crippen LogP contribution is 2.18. The van der Waals surface area contributed by atoms with Gasteiger partial charge in [0.25, 0.3) is 5.91 Å². The molecule has 0 bridgehead atoms. The van der Waals surface area contributed by atoms with Crippen LogP contribution in [0.25, 0.3) is 0 Å². The lowest BCUT2D eigenvalue weighted by atomic mass is 10.1. The fraction of sp³-hybridized carbons (Fsp3) is 0.263. The summed E-state index contributed by atoms with van der Waals surface area (Å²) < 4.78 is 5.06. The van der Waals surface area contributed by atoms with E-state index >= 15 is 0 Å². The zero-order valence-electron chi connectivity index (χ0n) is 13.9. The van der Waals surface area contributed by atoms with Gasteiger partial charge in [0.05, 0.1) is 5.56 Å².